The van der Waals surface area contributed by atoms with Crippen LogP contribution in [-0.4, -0.2) is 13.0 Å². The minimum atomic E-state index is -0.0388. The van der Waals surface area contributed by atoms with Crippen LogP contribution in [0.2, 0.25) is 0 Å². The summed E-state index contributed by atoms with van der Waals surface area (Å²) in [5, 5.41) is 2.86. The molecule has 0 heterocycles. The van der Waals surface area contributed by atoms with Crippen LogP contribution in [0, 0.1) is 6.92 Å². The molecule has 3 N–H and O–H groups in total. The van der Waals surface area contributed by atoms with Crippen molar-refractivity contribution >= 4 is 17.3 Å². The van der Waals surface area contributed by atoms with Gasteiger partial charge in [0.15, 0.2) is 0 Å². The van der Waals surface area contributed by atoms with Crippen molar-refractivity contribution < 1.29 is 9.53 Å². The molecule has 0 radical (unpaired) electrons. The first kappa shape index (κ1) is 14.9. The summed E-state index contributed by atoms with van der Waals surface area (Å²) in [6.45, 7) is 1.96. The molecule has 21 heavy (non-hydrogen) atoms. The van der Waals surface area contributed by atoms with Crippen LogP contribution >= 0.6 is 0 Å². The van der Waals surface area contributed by atoms with Gasteiger partial charge in [-0.1, -0.05) is 18.2 Å². The number of carbonyl (C=O) groups excluding carboxylic acids is 1. The zero-order valence-corrected chi connectivity index (χ0v) is 12.3. The highest BCUT2D eigenvalue weighted by Gasteiger charge is 2.06. The molecule has 0 spiro atoms. The van der Waals surface area contributed by atoms with E-state index < -0.39 is 0 Å². The molecule has 2 rings (SSSR count). The molecule has 0 aliphatic rings. The highest BCUT2D eigenvalue weighted by molar-refractivity contribution is 5.94. The zero-order valence-electron chi connectivity index (χ0n) is 12.3. The maximum absolute atomic E-state index is 12.0. The Labute approximate surface area is 124 Å². The lowest BCUT2D eigenvalue weighted by Gasteiger charge is -2.09. The van der Waals surface area contributed by atoms with Gasteiger partial charge in [-0.05, 0) is 48.7 Å². The summed E-state index contributed by atoms with van der Waals surface area (Å²) in [6, 6.07) is 13.3. The van der Waals surface area contributed by atoms with Gasteiger partial charge in [-0.2, -0.15) is 0 Å². The first-order chi connectivity index (χ1) is 10.1. The SMILES string of the molecule is COc1ccc(CCC(=O)Nc2cc(C)ccc2N)cc1. The number of carbonyl (C=O) groups is 1. The van der Waals surface area contributed by atoms with Gasteiger partial charge < -0.3 is 15.8 Å². The second-order valence-corrected chi connectivity index (χ2v) is 4.99. The number of rotatable bonds is 5. The lowest BCUT2D eigenvalue weighted by atomic mass is 10.1. The Bertz CT molecular complexity index is 621. The quantitative estimate of drug-likeness (QED) is 0.829. The molecule has 2 aromatic carbocycles. The second-order valence-electron chi connectivity index (χ2n) is 4.99. The van der Waals surface area contributed by atoms with Crippen LogP contribution in [0.5, 0.6) is 5.75 Å². The van der Waals surface area contributed by atoms with Crippen molar-refractivity contribution in [2.75, 3.05) is 18.2 Å². The second kappa shape index (κ2) is 6.79. The van der Waals surface area contributed by atoms with E-state index in [1.165, 1.54) is 0 Å². The van der Waals surface area contributed by atoms with Gasteiger partial charge in [0.1, 0.15) is 5.75 Å². The number of nitrogens with one attached hydrogen (secondary N) is 1. The standard InChI is InChI=1S/C17H20N2O2/c1-12-3-9-15(18)16(11-12)19-17(20)10-6-13-4-7-14(21-2)8-5-13/h3-5,7-9,11H,6,10,18H2,1-2H3,(H,19,20). The number of nitrogen functional groups attached to an aromatic ring is 1. The summed E-state index contributed by atoms with van der Waals surface area (Å²) in [6.07, 6.45) is 1.10. The van der Waals surface area contributed by atoms with Crippen LogP contribution in [0.15, 0.2) is 42.5 Å². The minimum Gasteiger partial charge on any atom is -0.497 e. The molecule has 0 atom stereocenters. The summed E-state index contributed by atoms with van der Waals surface area (Å²) in [5.74, 6) is 0.777. The summed E-state index contributed by atoms with van der Waals surface area (Å²) in [4.78, 5) is 12.0. The number of hydrogen-bond acceptors (Lipinski definition) is 3. The van der Waals surface area contributed by atoms with E-state index in [9.17, 15) is 4.79 Å². The van der Waals surface area contributed by atoms with Gasteiger partial charge in [0.05, 0.1) is 18.5 Å². The average molecular weight is 284 g/mol. The third kappa shape index (κ3) is 4.24. The molecule has 0 aromatic heterocycles. The molecule has 4 nitrogen and oxygen atoms in total. The number of hydrogen-bond donors (Lipinski definition) is 2. The van der Waals surface area contributed by atoms with Crippen molar-refractivity contribution in [2.45, 2.75) is 19.8 Å². The van der Waals surface area contributed by atoms with Crippen molar-refractivity contribution in [3.63, 3.8) is 0 Å². The van der Waals surface area contributed by atoms with Gasteiger partial charge in [0, 0.05) is 6.42 Å². The van der Waals surface area contributed by atoms with Gasteiger partial charge in [-0.3, -0.25) is 4.79 Å². The Morgan fingerprint density at radius 2 is 1.90 bits per heavy atom. The van der Waals surface area contributed by atoms with Crippen molar-refractivity contribution in [1.82, 2.24) is 0 Å². The lowest BCUT2D eigenvalue weighted by molar-refractivity contribution is -0.116. The summed E-state index contributed by atoms with van der Waals surface area (Å²) >= 11 is 0. The Morgan fingerprint density at radius 1 is 1.19 bits per heavy atom. The summed E-state index contributed by atoms with van der Waals surface area (Å²) in [7, 11) is 1.63. The van der Waals surface area contributed by atoms with E-state index in [0.717, 1.165) is 16.9 Å². The number of nitrogens with two attached hydrogens (primary N) is 1. The zero-order chi connectivity index (χ0) is 15.2. The molecule has 0 aliphatic heterocycles. The maximum atomic E-state index is 12.0. The Kier molecular flexibility index (Phi) is 4.82. The van der Waals surface area contributed by atoms with E-state index in [-0.39, 0.29) is 5.91 Å². The maximum Gasteiger partial charge on any atom is 0.224 e. The summed E-state index contributed by atoms with van der Waals surface area (Å²) in [5.41, 5.74) is 9.27. The van der Waals surface area contributed by atoms with Gasteiger partial charge in [-0.15, -0.1) is 0 Å². The molecule has 2 aromatic rings. The fourth-order valence-corrected chi connectivity index (χ4v) is 2.04. The smallest absolute Gasteiger partial charge is 0.224 e. The molecule has 4 heteroatoms. The van der Waals surface area contributed by atoms with Crippen LogP contribution in [0.25, 0.3) is 0 Å². The minimum absolute atomic E-state index is 0.0388. The van der Waals surface area contributed by atoms with Crippen LogP contribution in [0.3, 0.4) is 0 Å². The van der Waals surface area contributed by atoms with E-state index in [1.54, 1.807) is 13.2 Å². The third-order valence-corrected chi connectivity index (χ3v) is 3.28. The fourth-order valence-electron chi connectivity index (χ4n) is 2.04. The van der Waals surface area contributed by atoms with Gasteiger partial charge in [-0.25, -0.2) is 0 Å². The first-order valence-corrected chi connectivity index (χ1v) is 6.87. The normalized spacial score (nSPS) is 10.2. The molecule has 0 saturated heterocycles. The highest BCUT2D eigenvalue weighted by atomic mass is 16.5. The van der Waals surface area contributed by atoms with E-state index in [2.05, 4.69) is 5.32 Å². The number of anilines is 2. The van der Waals surface area contributed by atoms with Crippen molar-refractivity contribution in [1.29, 1.82) is 0 Å². The number of aryl methyl sites for hydroxylation is 2. The van der Waals surface area contributed by atoms with E-state index in [1.807, 2.05) is 43.3 Å². The average Bonchev–Trinajstić information content (AvgIpc) is 2.49. The fraction of sp³-hybridized carbons (Fsp3) is 0.235. The molecule has 1 amide bonds. The van der Waals surface area contributed by atoms with Gasteiger partial charge in [0.25, 0.3) is 0 Å². The number of methoxy groups -OCH3 is 1. The monoisotopic (exact) mass is 284 g/mol. The predicted octanol–water partition coefficient (Wildman–Crippen LogP) is 3.16. The van der Waals surface area contributed by atoms with E-state index in [4.69, 9.17) is 10.5 Å². The molecular formula is C17H20N2O2. The first-order valence-electron chi connectivity index (χ1n) is 6.87. The highest BCUT2D eigenvalue weighted by Crippen LogP contribution is 2.20. The lowest BCUT2D eigenvalue weighted by Crippen LogP contribution is -2.13. The van der Waals surface area contributed by atoms with E-state index >= 15 is 0 Å². The molecule has 0 bridgehead atoms. The molecule has 0 unspecified atom stereocenters. The summed E-state index contributed by atoms with van der Waals surface area (Å²) < 4.78 is 5.10. The molecule has 0 aliphatic carbocycles. The van der Waals surface area contributed by atoms with Crippen molar-refractivity contribution in [2.24, 2.45) is 0 Å². The van der Waals surface area contributed by atoms with E-state index in [0.29, 0.717) is 24.2 Å². The molecule has 110 valence electrons. The molecule has 0 fully saturated rings. The van der Waals surface area contributed by atoms with Crippen molar-refractivity contribution in [3.8, 4) is 5.75 Å². The Morgan fingerprint density at radius 3 is 2.57 bits per heavy atom. The van der Waals surface area contributed by atoms with Crippen molar-refractivity contribution in [3.05, 3.63) is 53.6 Å². The molecular weight excluding hydrogens is 264 g/mol. The van der Waals surface area contributed by atoms with Crippen LogP contribution in [0.1, 0.15) is 17.5 Å². The van der Waals surface area contributed by atoms with Gasteiger partial charge in [0.2, 0.25) is 5.91 Å². The van der Waals surface area contributed by atoms with Gasteiger partial charge >= 0.3 is 0 Å². The number of benzene rings is 2. The topological polar surface area (TPSA) is 64.3 Å². The largest absolute Gasteiger partial charge is 0.497 e. The Balaban J connectivity index is 1.91. The number of amides is 1. The van der Waals surface area contributed by atoms with Crippen LogP contribution < -0.4 is 15.8 Å². The van der Waals surface area contributed by atoms with Crippen LogP contribution in [-0.2, 0) is 11.2 Å². The Hall–Kier alpha value is -2.49. The molecule has 0 saturated carbocycles. The number of ether oxygens (including phenoxy) is 1. The van der Waals surface area contributed by atoms with Crippen LogP contribution in [0.4, 0.5) is 11.4 Å². The predicted molar refractivity (Wildman–Crippen MR) is 85.5 cm³/mol. The third-order valence-electron chi connectivity index (χ3n) is 3.28.